The van der Waals surface area contributed by atoms with Crippen molar-refractivity contribution in [3.05, 3.63) is 119 Å². The van der Waals surface area contributed by atoms with Crippen LogP contribution in [-0.2, 0) is 11.8 Å². The first-order chi connectivity index (χ1) is 16.5. The Balaban J connectivity index is 1.40. The molecule has 1 aliphatic carbocycles. The van der Waals surface area contributed by atoms with Crippen LogP contribution in [0.3, 0.4) is 0 Å². The summed E-state index contributed by atoms with van der Waals surface area (Å²) in [7, 11) is 0. The molecule has 1 aliphatic rings. The third-order valence-corrected chi connectivity index (χ3v) is 8.97. The summed E-state index contributed by atoms with van der Waals surface area (Å²) in [5.41, 5.74) is 9.92. The molecule has 0 saturated carbocycles. The normalized spacial score (nSPS) is 14.1. The Morgan fingerprint density at radius 2 is 1.41 bits per heavy atom. The van der Waals surface area contributed by atoms with Crippen LogP contribution in [0.2, 0.25) is 0 Å². The summed E-state index contributed by atoms with van der Waals surface area (Å²) in [6.45, 7) is 7.03. The molecule has 0 atom stereocenters. The first-order valence-electron chi connectivity index (χ1n) is 12.1. The molecule has 0 nitrogen and oxygen atoms in total. The Kier molecular flexibility index (Phi) is 4.14. The van der Waals surface area contributed by atoms with Crippen LogP contribution in [0.4, 0.5) is 0 Å². The summed E-state index contributed by atoms with van der Waals surface area (Å²) >= 11 is 1.90. The van der Waals surface area contributed by atoms with Crippen LogP contribution in [0.15, 0.2) is 91.0 Å². The van der Waals surface area contributed by atoms with Gasteiger partial charge in [-0.05, 0) is 75.2 Å². The van der Waals surface area contributed by atoms with Gasteiger partial charge in [0.15, 0.2) is 0 Å². The number of thiophene rings is 1. The van der Waals surface area contributed by atoms with Gasteiger partial charge in [0.1, 0.15) is 0 Å². The van der Waals surface area contributed by atoms with Gasteiger partial charge in [0.05, 0.1) is 0 Å². The van der Waals surface area contributed by atoms with Gasteiger partial charge in [0.2, 0.25) is 0 Å². The van der Waals surface area contributed by atoms with Crippen molar-refractivity contribution < 1.29 is 0 Å². The molecule has 164 valence electrons. The number of aryl methyl sites for hydroxylation is 1. The van der Waals surface area contributed by atoms with E-state index in [1.165, 1.54) is 69.9 Å². The zero-order valence-corrected chi connectivity index (χ0v) is 20.6. The fourth-order valence-corrected chi connectivity index (χ4v) is 7.29. The van der Waals surface area contributed by atoms with Crippen LogP contribution >= 0.6 is 11.3 Å². The van der Waals surface area contributed by atoms with Crippen molar-refractivity contribution in [2.45, 2.75) is 32.6 Å². The molecule has 1 heteroatoms. The molecule has 0 bridgehead atoms. The fourth-order valence-electron chi connectivity index (χ4n) is 6.14. The van der Waals surface area contributed by atoms with Crippen LogP contribution in [0, 0.1) is 6.92 Å². The van der Waals surface area contributed by atoms with E-state index in [0.717, 1.165) is 6.42 Å². The third kappa shape index (κ3) is 2.71. The summed E-state index contributed by atoms with van der Waals surface area (Å²) in [6.07, 6.45) is 0.956. The van der Waals surface area contributed by atoms with Gasteiger partial charge >= 0.3 is 0 Å². The van der Waals surface area contributed by atoms with Crippen molar-refractivity contribution >= 4 is 42.3 Å². The molecule has 0 unspecified atom stereocenters. The second-order valence-electron chi connectivity index (χ2n) is 10.2. The summed E-state index contributed by atoms with van der Waals surface area (Å²) < 4.78 is 2.76. The molecule has 0 saturated heterocycles. The van der Waals surface area contributed by atoms with E-state index in [-0.39, 0.29) is 5.41 Å². The Bertz CT molecular complexity index is 1760. The predicted molar refractivity (Wildman–Crippen MR) is 148 cm³/mol. The maximum atomic E-state index is 2.48. The second-order valence-corrected chi connectivity index (χ2v) is 11.3. The van der Waals surface area contributed by atoms with E-state index in [0.29, 0.717) is 0 Å². The standard InChI is InChI=1S/C33H26S/c1-20-17-28-32(24-11-5-4-10-23(20)24)25-16-15-21(19-27(25)33(28,2)3)18-22-9-8-14-30-31(22)26-12-6-7-13-29(26)34-30/h4-17,19H,18H2,1-3H3. The molecule has 0 aliphatic heterocycles. The average Bonchev–Trinajstić information content (AvgIpc) is 3.33. The minimum Gasteiger partial charge on any atom is -0.135 e. The third-order valence-electron chi connectivity index (χ3n) is 7.83. The summed E-state index contributed by atoms with van der Waals surface area (Å²) in [5.74, 6) is 0. The molecule has 34 heavy (non-hydrogen) atoms. The summed E-state index contributed by atoms with van der Waals surface area (Å²) in [4.78, 5) is 0. The van der Waals surface area contributed by atoms with Crippen molar-refractivity contribution in [1.82, 2.24) is 0 Å². The smallest absolute Gasteiger partial charge is 0.0358 e. The maximum absolute atomic E-state index is 2.48. The van der Waals surface area contributed by atoms with Crippen molar-refractivity contribution in [1.29, 1.82) is 0 Å². The molecule has 0 spiro atoms. The number of benzene rings is 5. The molecule has 1 aromatic heterocycles. The first kappa shape index (κ1) is 20.0. The lowest BCUT2D eigenvalue weighted by molar-refractivity contribution is 0.659. The molecule has 6 aromatic rings. The molecule has 0 amide bonds. The molecular weight excluding hydrogens is 428 g/mol. The highest BCUT2D eigenvalue weighted by Crippen LogP contribution is 2.52. The van der Waals surface area contributed by atoms with Crippen molar-refractivity contribution in [3.8, 4) is 11.1 Å². The highest BCUT2D eigenvalue weighted by Gasteiger charge is 2.37. The minimum atomic E-state index is -0.00342. The lowest BCUT2D eigenvalue weighted by Gasteiger charge is -2.23. The Morgan fingerprint density at radius 3 is 2.26 bits per heavy atom. The number of hydrogen-bond acceptors (Lipinski definition) is 1. The lowest BCUT2D eigenvalue weighted by Crippen LogP contribution is -2.15. The van der Waals surface area contributed by atoms with E-state index in [4.69, 9.17) is 0 Å². The van der Waals surface area contributed by atoms with E-state index >= 15 is 0 Å². The first-order valence-corrected chi connectivity index (χ1v) is 12.9. The van der Waals surface area contributed by atoms with Crippen molar-refractivity contribution in [2.24, 2.45) is 0 Å². The van der Waals surface area contributed by atoms with E-state index in [1.54, 1.807) is 0 Å². The largest absolute Gasteiger partial charge is 0.135 e. The molecule has 0 radical (unpaired) electrons. The molecule has 0 fully saturated rings. The monoisotopic (exact) mass is 454 g/mol. The SMILES string of the molecule is Cc1cc2c(c3ccccc13)-c1ccc(Cc3cccc4sc5ccccc5c34)cc1C2(C)C. The topological polar surface area (TPSA) is 0 Å². The van der Waals surface area contributed by atoms with Crippen molar-refractivity contribution in [2.75, 3.05) is 0 Å². The van der Waals surface area contributed by atoms with Crippen LogP contribution in [0.25, 0.3) is 42.1 Å². The van der Waals surface area contributed by atoms with Gasteiger partial charge in [0, 0.05) is 25.6 Å². The zero-order chi connectivity index (χ0) is 23.0. The van der Waals surface area contributed by atoms with Crippen LogP contribution in [0.5, 0.6) is 0 Å². The van der Waals surface area contributed by atoms with Gasteiger partial charge in [-0.2, -0.15) is 0 Å². The van der Waals surface area contributed by atoms with Gasteiger partial charge in [-0.15, -0.1) is 11.3 Å². The number of hydrogen-bond donors (Lipinski definition) is 0. The van der Waals surface area contributed by atoms with E-state index in [2.05, 4.69) is 112 Å². The summed E-state index contributed by atoms with van der Waals surface area (Å²) in [6, 6.07) is 34.1. The Labute approximate surface area is 204 Å². The Morgan fingerprint density at radius 1 is 0.676 bits per heavy atom. The van der Waals surface area contributed by atoms with Gasteiger partial charge in [-0.3, -0.25) is 0 Å². The number of fused-ring (bicyclic) bond motifs is 8. The van der Waals surface area contributed by atoms with Crippen LogP contribution in [0.1, 0.15) is 41.7 Å². The predicted octanol–water partition coefficient (Wildman–Crippen LogP) is 9.41. The van der Waals surface area contributed by atoms with Crippen LogP contribution < -0.4 is 0 Å². The molecule has 5 aromatic carbocycles. The molecule has 7 rings (SSSR count). The maximum Gasteiger partial charge on any atom is 0.0358 e. The molecular formula is C33H26S. The van der Waals surface area contributed by atoms with Gasteiger partial charge in [0.25, 0.3) is 0 Å². The number of rotatable bonds is 2. The van der Waals surface area contributed by atoms with Crippen molar-refractivity contribution in [3.63, 3.8) is 0 Å². The fraction of sp³-hybridized carbons (Fsp3) is 0.152. The highest BCUT2D eigenvalue weighted by atomic mass is 32.1. The lowest BCUT2D eigenvalue weighted by atomic mass is 9.80. The van der Waals surface area contributed by atoms with Gasteiger partial charge in [-0.1, -0.05) is 92.7 Å². The Hall–Kier alpha value is -3.42. The molecule has 1 heterocycles. The van der Waals surface area contributed by atoms with E-state index in [9.17, 15) is 0 Å². The van der Waals surface area contributed by atoms with Crippen LogP contribution in [-0.4, -0.2) is 0 Å². The van der Waals surface area contributed by atoms with Gasteiger partial charge < -0.3 is 0 Å². The van der Waals surface area contributed by atoms with Gasteiger partial charge in [-0.25, -0.2) is 0 Å². The second kappa shape index (κ2) is 7.04. The molecule has 0 N–H and O–H groups in total. The van der Waals surface area contributed by atoms with E-state index < -0.39 is 0 Å². The van der Waals surface area contributed by atoms with E-state index in [1.807, 2.05) is 11.3 Å². The average molecular weight is 455 g/mol. The quantitative estimate of drug-likeness (QED) is 0.244. The summed E-state index contributed by atoms with van der Waals surface area (Å²) in [5, 5.41) is 5.55. The zero-order valence-electron chi connectivity index (χ0n) is 19.8. The minimum absolute atomic E-state index is 0.00342. The highest BCUT2D eigenvalue weighted by molar-refractivity contribution is 7.25.